The fourth-order valence-corrected chi connectivity index (χ4v) is 3.37. The van der Waals surface area contributed by atoms with Gasteiger partial charge in [-0.3, -0.25) is 9.69 Å². The number of nitrogens with one attached hydrogen (secondary N) is 1. The molecule has 1 aromatic carbocycles. The van der Waals surface area contributed by atoms with Gasteiger partial charge >= 0.3 is 0 Å². The highest BCUT2D eigenvalue weighted by Gasteiger charge is 2.22. The zero-order chi connectivity index (χ0) is 19.2. The number of amides is 1. The molecule has 1 N–H and O–H groups in total. The summed E-state index contributed by atoms with van der Waals surface area (Å²) >= 11 is 0. The maximum Gasteiger partial charge on any atom is 0.222 e. The highest BCUT2D eigenvalue weighted by Crippen LogP contribution is 2.24. The number of rotatable bonds is 7. The quantitative estimate of drug-likeness (QED) is 0.808. The molecular formula is C21H29N3O3. The van der Waals surface area contributed by atoms with Gasteiger partial charge in [-0.05, 0) is 49.6 Å². The number of ether oxygens (including phenoxy) is 1. The van der Waals surface area contributed by atoms with Gasteiger partial charge in [0.2, 0.25) is 11.8 Å². The molecule has 2 heterocycles. The third-order valence-electron chi connectivity index (χ3n) is 4.98. The fraction of sp³-hybridized carbons (Fsp3) is 0.524. The van der Waals surface area contributed by atoms with Gasteiger partial charge in [-0.2, -0.15) is 0 Å². The van der Waals surface area contributed by atoms with E-state index < -0.39 is 0 Å². The van der Waals surface area contributed by atoms with Crippen molar-refractivity contribution in [2.24, 2.45) is 11.8 Å². The normalized spacial score (nSPS) is 17.9. The van der Waals surface area contributed by atoms with Crippen LogP contribution in [0, 0.1) is 11.8 Å². The lowest BCUT2D eigenvalue weighted by molar-refractivity contribution is -0.124. The number of carbonyl (C=O) groups excluding carboxylic acids is 1. The van der Waals surface area contributed by atoms with Gasteiger partial charge in [-0.15, -0.1) is 0 Å². The van der Waals surface area contributed by atoms with E-state index in [1.165, 1.54) is 0 Å². The summed E-state index contributed by atoms with van der Waals surface area (Å²) in [5.74, 6) is 2.97. The van der Waals surface area contributed by atoms with Crippen molar-refractivity contribution in [1.29, 1.82) is 0 Å². The Morgan fingerprint density at radius 2 is 2.15 bits per heavy atom. The second-order valence-electron chi connectivity index (χ2n) is 7.49. The summed E-state index contributed by atoms with van der Waals surface area (Å²) in [5, 5.41) is 3.06. The van der Waals surface area contributed by atoms with Crippen molar-refractivity contribution < 1.29 is 13.9 Å². The van der Waals surface area contributed by atoms with Crippen molar-refractivity contribution in [3.63, 3.8) is 0 Å². The molecule has 1 fully saturated rings. The lowest BCUT2D eigenvalue weighted by Crippen LogP contribution is -2.41. The molecule has 1 amide bonds. The number of oxazole rings is 1. The van der Waals surface area contributed by atoms with E-state index in [0.717, 1.165) is 55.4 Å². The van der Waals surface area contributed by atoms with E-state index in [0.29, 0.717) is 12.5 Å². The standard InChI is InChI=1S/C21H29N3O3/c1-15(2)21(25)23-11-16-5-4-10-24(13-16)14-20-22-12-19(27-20)17-6-8-18(26-3)9-7-17/h6-9,12,15-16H,4-5,10-11,13-14H2,1-3H3,(H,23,25). The molecule has 1 atom stereocenters. The Kier molecular flexibility index (Phi) is 6.50. The Balaban J connectivity index is 1.54. The third kappa shape index (κ3) is 5.32. The molecule has 0 bridgehead atoms. The molecule has 27 heavy (non-hydrogen) atoms. The molecule has 0 radical (unpaired) electrons. The van der Waals surface area contributed by atoms with Crippen molar-refractivity contribution >= 4 is 5.91 Å². The molecule has 2 aromatic rings. The maximum atomic E-state index is 11.8. The molecule has 6 nitrogen and oxygen atoms in total. The molecule has 1 aliphatic rings. The highest BCUT2D eigenvalue weighted by atomic mass is 16.5. The van der Waals surface area contributed by atoms with Gasteiger partial charge in [0.25, 0.3) is 0 Å². The van der Waals surface area contributed by atoms with Crippen LogP contribution >= 0.6 is 0 Å². The molecule has 1 aromatic heterocycles. The van der Waals surface area contributed by atoms with Gasteiger partial charge in [-0.1, -0.05) is 13.8 Å². The summed E-state index contributed by atoms with van der Waals surface area (Å²) in [6, 6.07) is 7.77. The SMILES string of the molecule is COc1ccc(-c2cnc(CN3CCCC(CNC(=O)C(C)C)C3)o2)cc1. The van der Waals surface area contributed by atoms with Crippen LogP contribution in [0.3, 0.4) is 0 Å². The molecule has 146 valence electrons. The molecule has 0 spiro atoms. The van der Waals surface area contributed by atoms with Crippen LogP contribution in [0.25, 0.3) is 11.3 Å². The number of hydrogen-bond acceptors (Lipinski definition) is 5. The zero-order valence-electron chi connectivity index (χ0n) is 16.4. The number of piperidine rings is 1. The smallest absolute Gasteiger partial charge is 0.222 e. The predicted octanol–water partition coefficient (Wildman–Crippen LogP) is 3.33. The lowest BCUT2D eigenvalue weighted by Gasteiger charge is -2.32. The van der Waals surface area contributed by atoms with E-state index in [1.807, 2.05) is 38.1 Å². The summed E-state index contributed by atoms with van der Waals surface area (Å²) in [6.07, 6.45) is 4.06. The van der Waals surface area contributed by atoms with Crippen LogP contribution in [0.15, 0.2) is 34.9 Å². The van der Waals surface area contributed by atoms with Gasteiger partial charge in [0.1, 0.15) is 5.75 Å². The highest BCUT2D eigenvalue weighted by molar-refractivity contribution is 5.77. The third-order valence-corrected chi connectivity index (χ3v) is 4.98. The van der Waals surface area contributed by atoms with Crippen LogP contribution in [0.5, 0.6) is 5.75 Å². The number of methoxy groups -OCH3 is 1. The minimum Gasteiger partial charge on any atom is -0.497 e. The van der Waals surface area contributed by atoms with Crippen LogP contribution < -0.4 is 10.1 Å². The molecule has 3 rings (SSSR count). The predicted molar refractivity (Wildman–Crippen MR) is 104 cm³/mol. The summed E-state index contributed by atoms with van der Waals surface area (Å²) < 4.78 is 11.1. The molecule has 1 aliphatic heterocycles. The molecular weight excluding hydrogens is 342 g/mol. The molecule has 0 saturated carbocycles. The monoisotopic (exact) mass is 371 g/mol. The van der Waals surface area contributed by atoms with Crippen molar-refractivity contribution in [2.45, 2.75) is 33.2 Å². The average molecular weight is 371 g/mol. The van der Waals surface area contributed by atoms with E-state index in [1.54, 1.807) is 13.3 Å². The number of carbonyl (C=O) groups is 1. The number of hydrogen-bond donors (Lipinski definition) is 1. The molecule has 1 saturated heterocycles. The molecule has 0 aliphatic carbocycles. The number of aromatic nitrogens is 1. The fourth-order valence-electron chi connectivity index (χ4n) is 3.37. The summed E-state index contributed by atoms with van der Waals surface area (Å²) in [7, 11) is 1.65. The largest absolute Gasteiger partial charge is 0.497 e. The number of nitrogens with zero attached hydrogens (tertiary/aromatic N) is 2. The van der Waals surface area contributed by atoms with Crippen molar-refractivity contribution in [3.05, 3.63) is 36.4 Å². The Morgan fingerprint density at radius 1 is 1.37 bits per heavy atom. The first kappa shape index (κ1) is 19.4. The Bertz CT molecular complexity index is 739. The Hall–Kier alpha value is -2.34. The van der Waals surface area contributed by atoms with Crippen LogP contribution in [-0.2, 0) is 11.3 Å². The minimum absolute atomic E-state index is 0.0355. The van der Waals surface area contributed by atoms with Crippen LogP contribution in [-0.4, -0.2) is 42.5 Å². The second-order valence-corrected chi connectivity index (χ2v) is 7.49. The summed E-state index contributed by atoms with van der Waals surface area (Å²) in [6.45, 7) is 7.28. The molecule has 6 heteroatoms. The van der Waals surface area contributed by atoms with Gasteiger partial charge in [-0.25, -0.2) is 4.98 Å². The van der Waals surface area contributed by atoms with Gasteiger partial charge in [0, 0.05) is 24.6 Å². The summed E-state index contributed by atoms with van der Waals surface area (Å²) in [5.41, 5.74) is 0.988. The van der Waals surface area contributed by atoms with E-state index >= 15 is 0 Å². The Labute approximate surface area is 160 Å². The topological polar surface area (TPSA) is 67.6 Å². The molecule has 1 unspecified atom stereocenters. The van der Waals surface area contributed by atoms with Gasteiger partial charge in [0.15, 0.2) is 5.76 Å². The second kappa shape index (κ2) is 9.04. The van der Waals surface area contributed by atoms with Crippen molar-refractivity contribution in [3.8, 4) is 17.1 Å². The van der Waals surface area contributed by atoms with Gasteiger partial charge < -0.3 is 14.5 Å². The number of benzene rings is 1. The van der Waals surface area contributed by atoms with Crippen LogP contribution in [0.2, 0.25) is 0 Å². The van der Waals surface area contributed by atoms with E-state index in [2.05, 4.69) is 15.2 Å². The van der Waals surface area contributed by atoms with Crippen molar-refractivity contribution in [2.75, 3.05) is 26.7 Å². The van der Waals surface area contributed by atoms with Crippen LogP contribution in [0.1, 0.15) is 32.6 Å². The average Bonchev–Trinajstić information content (AvgIpc) is 3.14. The van der Waals surface area contributed by atoms with Crippen LogP contribution in [0.4, 0.5) is 0 Å². The zero-order valence-corrected chi connectivity index (χ0v) is 16.4. The first-order valence-electron chi connectivity index (χ1n) is 9.64. The van der Waals surface area contributed by atoms with E-state index in [-0.39, 0.29) is 11.8 Å². The first-order valence-corrected chi connectivity index (χ1v) is 9.64. The summed E-state index contributed by atoms with van der Waals surface area (Å²) in [4.78, 5) is 18.6. The van der Waals surface area contributed by atoms with E-state index in [4.69, 9.17) is 9.15 Å². The first-order chi connectivity index (χ1) is 13.0. The minimum atomic E-state index is 0.0355. The maximum absolute atomic E-state index is 11.8. The van der Waals surface area contributed by atoms with Crippen molar-refractivity contribution in [1.82, 2.24) is 15.2 Å². The van der Waals surface area contributed by atoms with Gasteiger partial charge in [0.05, 0.1) is 19.9 Å². The van der Waals surface area contributed by atoms with E-state index in [9.17, 15) is 4.79 Å². The Morgan fingerprint density at radius 3 is 2.85 bits per heavy atom. The lowest BCUT2D eigenvalue weighted by atomic mass is 9.98. The number of likely N-dealkylation sites (tertiary alicyclic amines) is 1.